The highest BCUT2D eigenvalue weighted by Crippen LogP contribution is 2.57. The third-order valence-corrected chi connectivity index (χ3v) is 4.38. The summed E-state index contributed by atoms with van der Waals surface area (Å²) in [6.07, 6.45) is 9.79. The van der Waals surface area contributed by atoms with E-state index in [4.69, 9.17) is 10.00 Å². The fraction of sp³-hybridized carbons (Fsp3) is 0.571. The summed E-state index contributed by atoms with van der Waals surface area (Å²) in [6, 6.07) is 2.20. The lowest BCUT2D eigenvalue weighted by atomic mass is 9.80. The fourth-order valence-corrected chi connectivity index (χ4v) is 3.59. The summed E-state index contributed by atoms with van der Waals surface area (Å²) in [5.41, 5.74) is -0.219. The number of hydrogen-bond donors (Lipinski definition) is 0. The quantitative estimate of drug-likeness (QED) is 0.639. The molecular weight excluding hydrogens is 214 g/mol. The molecule has 3 nitrogen and oxygen atoms in total. The van der Waals surface area contributed by atoms with Crippen LogP contribution in [-0.2, 0) is 9.53 Å². The summed E-state index contributed by atoms with van der Waals surface area (Å²) in [5, 5.41) is 8.92. The zero-order chi connectivity index (χ0) is 12.1. The van der Waals surface area contributed by atoms with Gasteiger partial charge in [-0.1, -0.05) is 12.2 Å². The molecule has 0 radical (unpaired) electrons. The van der Waals surface area contributed by atoms with Gasteiger partial charge in [-0.3, -0.25) is 4.79 Å². The highest BCUT2D eigenvalue weighted by Gasteiger charge is 2.56. The van der Waals surface area contributed by atoms with Crippen molar-refractivity contribution < 1.29 is 9.53 Å². The Morgan fingerprint density at radius 3 is 2.76 bits per heavy atom. The van der Waals surface area contributed by atoms with E-state index in [2.05, 4.69) is 13.0 Å². The third kappa shape index (κ3) is 1.56. The molecule has 3 rings (SSSR count). The van der Waals surface area contributed by atoms with Crippen LogP contribution in [-0.4, -0.2) is 17.5 Å². The van der Waals surface area contributed by atoms with Crippen molar-refractivity contribution in [1.82, 2.24) is 0 Å². The van der Waals surface area contributed by atoms with Gasteiger partial charge in [0, 0.05) is 5.41 Å². The first kappa shape index (κ1) is 10.7. The van der Waals surface area contributed by atoms with Crippen LogP contribution in [0.15, 0.2) is 24.3 Å². The number of nitrogens with zero attached hydrogens (tertiary/aromatic N) is 1. The molecule has 0 amide bonds. The second-order valence-electron chi connectivity index (χ2n) is 5.66. The highest BCUT2D eigenvalue weighted by atomic mass is 16.5. The minimum absolute atomic E-state index is 0.0201. The van der Waals surface area contributed by atoms with Crippen molar-refractivity contribution in [3.05, 3.63) is 24.3 Å². The second-order valence-corrected chi connectivity index (χ2v) is 5.66. The molecule has 0 bridgehead atoms. The Morgan fingerprint density at radius 2 is 2.18 bits per heavy atom. The number of hydrogen-bond acceptors (Lipinski definition) is 3. The van der Waals surface area contributed by atoms with E-state index in [1.807, 2.05) is 12.2 Å². The summed E-state index contributed by atoms with van der Waals surface area (Å²) in [6.45, 7) is 2.10. The zero-order valence-electron chi connectivity index (χ0n) is 9.85. The Balaban J connectivity index is 1.85. The number of rotatable bonds is 0. The molecule has 17 heavy (non-hydrogen) atoms. The van der Waals surface area contributed by atoms with E-state index in [1.165, 1.54) is 0 Å². The van der Waals surface area contributed by atoms with E-state index in [0.717, 1.165) is 19.3 Å². The van der Waals surface area contributed by atoms with E-state index in [-0.39, 0.29) is 22.9 Å². The fourth-order valence-electron chi connectivity index (χ4n) is 3.59. The number of carbonyl (C=O) groups is 1. The molecule has 0 aromatic carbocycles. The van der Waals surface area contributed by atoms with Gasteiger partial charge >= 0.3 is 0 Å². The smallest absolute Gasteiger partial charge is 0.178 e. The van der Waals surface area contributed by atoms with Gasteiger partial charge in [0.2, 0.25) is 0 Å². The summed E-state index contributed by atoms with van der Waals surface area (Å²) in [7, 11) is 0. The Hall–Kier alpha value is -1.40. The molecule has 2 aliphatic carbocycles. The third-order valence-electron chi connectivity index (χ3n) is 4.38. The summed E-state index contributed by atoms with van der Waals surface area (Å²) in [4.78, 5) is 11.2. The van der Waals surface area contributed by atoms with E-state index in [9.17, 15) is 4.79 Å². The molecule has 0 aromatic heterocycles. The molecule has 2 fully saturated rings. The SMILES string of the molecule is C[C@]12CC3(C=CC(=O)C=C3)C[C@H]1CC(C#N)O2. The summed E-state index contributed by atoms with van der Waals surface area (Å²) in [5.74, 6) is 0.489. The molecule has 88 valence electrons. The maximum Gasteiger partial charge on any atom is 0.178 e. The molecule has 3 atom stereocenters. The molecule has 0 N–H and O–H groups in total. The molecule has 1 aliphatic heterocycles. The number of allylic oxidation sites excluding steroid dienone is 4. The van der Waals surface area contributed by atoms with Crippen LogP contribution in [0.3, 0.4) is 0 Å². The van der Waals surface area contributed by atoms with Crippen molar-refractivity contribution in [1.29, 1.82) is 5.26 Å². The van der Waals surface area contributed by atoms with E-state index in [0.29, 0.717) is 5.92 Å². The van der Waals surface area contributed by atoms with Crippen LogP contribution in [0.1, 0.15) is 26.2 Å². The van der Waals surface area contributed by atoms with Crippen LogP contribution in [0.4, 0.5) is 0 Å². The second kappa shape index (κ2) is 3.30. The Kier molecular flexibility index (Phi) is 2.08. The van der Waals surface area contributed by atoms with Crippen molar-refractivity contribution in [2.24, 2.45) is 11.3 Å². The van der Waals surface area contributed by atoms with Crippen molar-refractivity contribution in [2.45, 2.75) is 37.9 Å². The van der Waals surface area contributed by atoms with Crippen LogP contribution in [0.25, 0.3) is 0 Å². The molecule has 1 spiro atoms. The van der Waals surface area contributed by atoms with E-state index >= 15 is 0 Å². The molecule has 1 saturated heterocycles. The van der Waals surface area contributed by atoms with Gasteiger partial charge in [0.05, 0.1) is 11.7 Å². The lowest BCUT2D eigenvalue weighted by Crippen LogP contribution is -2.28. The minimum atomic E-state index is -0.250. The Labute approximate surface area is 101 Å². The number of carbonyl (C=O) groups excluding carboxylic acids is 1. The van der Waals surface area contributed by atoms with Crippen molar-refractivity contribution in [3.63, 3.8) is 0 Å². The molecule has 1 saturated carbocycles. The van der Waals surface area contributed by atoms with Gasteiger partial charge in [-0.15, -0.1) is 0 Å². The molecule has 3 aliphatic rings. The Morgan fingerprint density at radius 1 is 1.47 bits per heavy atom. The Bertz CT molecular complexity index is 455. The van der Waals surface area contributed by atoms with Gasteiger partial charge in [0.15, 0.2) is 5.78 Å². The largest absolute Gasteiger partial charge is 0.357 e. The lowest BCUT2D eigenvalue weighted by Gasteiger charge is -2.27. The van der Waals surface area contributed by atoms with E-state index < -0.39 is 0 Å². The van der Waals surface area contributed by atoms with Gasteiger partial charge < -0.3 is 4.74 Å². The molecular formula is C14H15NO2. The monoisotopic (exact) mass is 229 g/mol. The summed E-state index contributed by atoms with van der Waals surface area (Å²) < 4.78 is 5.86. The van der Waals surface area contributed by atoms with Gasteiger partial charge in [-0.2, -0.15) is 5.26 Å². The highest BCUT2D eigenvalue weighted by molar-refractivity contribution is 6.00. The molecule has 1 unspecified atom stereocenters. The maximum absolute atomic E-state index is 11.2. The van der Waals surface area contributed by atoms with Crippen molar-refractivity contribution in [2.75, 3.05) is 0 Å². The van der Waals surface area contributed by atoms with Gasteiger partial charge in [0.25, 0.3) is 0 Å². The first-order valence-corrected chi connectivity index (χ1v) is 6.05. The predicted octanol–water partition coefficient (Wildman–Crippen LogP) is 2.15. The zero-order valence-corrected chi connectivity index (χ0v) is 9.85. The van der Waals surface area contributed by atoms with Gasteiger partial charge in [-0.05, 0) is 44.3 Å². The standard InChI is InChI=1S/C14H15NO2/c1-13-9-14(4-2-11(16)3-5-14)7-10(13)6-12(8-15)17-13/h2-5,10,12H,6-7,9H2,1H3/t10-,12?,13+/m1/s1. The van der Waals surface area contributed by atoms with Crippen LogP contribution >= 0.6 is 0 Å². The average Bonchev–Trinajstić information content (AvgIpc) is 2.72. The predicted molar refractivity (Wildman–Crippen MR) is 62.0 cm³/mol. The first-order chi connectivity index (χ1) is 8.05. The molecule has 0 aromatic rings. The van der Waals surface area contributed by atoms with Crippen LogP contribution < -0.4 is 0 Å². The minimum Gasteiger partial charge on any atom is -0.357 e. The normalized spacial score (nSPS) is 41.8. The van der Waals surface area contributed by atoms with Crippen LogP contribution in [0.2, 0.25) is 0 Å². The number of nitriles is 1. The first-order valence-electron chi connectivity index (χ1n) is 6.05. The van der Waals surface area contributed by atoms with Crippen molar-refractivity contribution in [3.8, 4) is 6.07 Å². The summed E-state index contributed by atoms with van der Waals surface area (Å²) >= 11 is 0. The van der Waals surface area contributed by atoms with Gasteiger partial charge in [-0.25, -0.2) is 0 Å². The van der Waals surface area contributed by atoms with Gasteiger partial charge in [0.1, 0.15) is 6.10 Å². The van der Waals surface area contributed by atoms with Crippen LogP contribution in [0.5, 0.6) is 0 Å². The van der Waals surface area contributed by atoms with Crippen LogP contribution in [0, 0.1) is 22.7 Å². The lowest BCUT2D eigenvalue weighted by molar-refractivity contribution is -0.110. The molecule has 3 heteroatoms. The molecule has 1 heterocycles. The number of fused-ring (bicyclic) bond motifs is 1. The topological polar surface area (TPSA) is 50.1 Å². The average molecular weight is 229 g/mol. The van der Waals surface area contributed by atoms with E-state index in [1.54, 1.807) is 12.2 Å². The maximum atomic E-state index is 11.2. The number of ether oxygens (including phenoxy) is 1. The number of ketones is 1. The van der Waals surface area contributed by atoms with Crippen molar-refractivity contribution >= 4 is 5.78 Å².